The van der Waals surface area contributed by atoms with Gasteiger partial charge in [0.1, 0.15) is 5.82 Å². The van der Waals surface area contributed by atoms with Crippen LogP contribution in [0.2, 0.25) is 0 Å². The first kappa shape index (κ1) is 21.9. The summed E-state index contributed by atoms with van der Waals surface area (Å²) >= 11 is 2.66. The summed E-state index contributed by atoms with van der Waals surface area (Å²) in [5, 5.41) is 16.4. The third-order valence-corrected chi connectivity index (χ3v) is 6.97. The number of carbonyl (C=O) groups is 1. The maximum absolute atomic E-state index is 13.2. The Kier molecular flexibility index (Phi) is 6.15. The molecule has 0 saturated carbocycles. The number of rotatable bonds is 6. The third kappa shape index (κ3) is 4.59. The molecule has 5 aromatic rings. The second-order valence-electron chi connectivity index (χ2n) is 7.19. The molecule has 2 aromatic heterocycles. The molecule has 0 unspecified atom stereocenters. The summed E-state index contributed by atoms with van der Waals surface area (Å²) in [5.41, 5.74) is 1.30. The van der Waals surface area contributed by atoms with Crippen LogP contribution in [0.3, 0.4) is 0 Å². The largest absolute Gasteiger partial charge is 0.295 e. The van der Waals surface area contributed by atoms with Crippen molar-refractivity contribution in [3.63, 3.8) is 0 Å². The Balaban J connectivity index is 1.40. The zero-order valence-corrected chi connectivity index (χ0v) is 19.1. The summed E-state index contributed by atoms with van der Waals surface area (Å²) in [6.45, 7) is 0. The van der Waals surface area contributed by atoms with Crippen LogP contribution in [0.25, 0.3) is 16.5 Å². The summed E-state index contributed by atoms with van der Waals surface area (Å²) < 4.78 is 14.9. The maximum atomic E-state index is 13.2. The molecule has 2 heterocycles. The van der Waals surface area contributed by atoms with Gasteiger partial charge in [-0.3, -0.25) is 14.9 Å². The van der Waals surface area contributed by atoms with Gasteiger partial charge in [-0.05, 0) is 35.9 Å². The summed E-state index contributed by atoms with van der Waals surface area (Å²) in [5.74, 6) is -0.182. The smallest absolute Gasteiger partial charge is 0.279 e. The molecule has 1 amide bonds. The molecular weight excluding hydrogens is 473 g/mol. The standard InChI is InChI=1S/C24H16FN5O2S2/c25-16-12-10-15(11-13-16)14-33-24-28-27-23(34-24)26-21(31)20-18-8-4-5-9-19(18)22(32)30(29-20)17-6-2-1-3-7-17/h1-13H,14H2,(H,26,27,31). The third-order valence-electron chi connectivity index (χ3n) is 4.92. The molecule has 3 aromatic carbocycles. The van der Waals surface area contributed by atoms with Crippen LogP contribution >= 0.6 is 23.1 Å². The number of hydrogen-bond donors (Lipinski definition) is 1. The first-order valence-electron chi connectivity index (χ1n) is 10.2. The lowest BCUT2D eigenvalue weighted by atomic mass is 10.1. The molecule has 0 atom stereocenters. The Morgan fingerprint density at radius 3 is 2.41 bits per heavy atom. The Morgan fingerprint density at radius 1 is 0.941 bits per heavy atom. The fourth-order valence-electron chi connectivity index (χ4n) is 3.30. The highest BCUT2D eigenvalue weighted by molar-refractivity contribution is 8.00. The Bertz CT molecular complexity index is 1540. The number of halogens is 1. The fourth-order valence-corrected chi connectivity index (χ4v) is 5.00. The van der Waals surface area contributed by atoms with Gasteiger partial charge in [0.15, 0.2) is 10.0 Å². The monoisotopic (exact) mass is 489 g/mol. The van der Waals surface area contributed by atoms with E-state index in [1.807, 2.05) is 6.07 Å². The van der Waals surface area contributed by atoms with E-state index in [0.717, 1.165) is 5.56 Å². The Labute approximate surface area is 201 Å². The number of benzene rings is 3. The van der Waals surface area contributed by atoms with Gasteiger partial charge < -0.3 is 0 Å². The van der Waals surface area contributed by atoms with Crippen LogP contribution in [0.5, 0.6) is 0 Å². The van der Waals surface area contributed by atoms with Crippen molar-refractivity contribution in [3.8, 4) is 5.69 Å². The molecule has 0 aliphatic heterocycles. The predicted octanol–water partition coefficient (Wildman–Crippen LogP) is 4.92. The topological polar surface area (TPSA) is 89.8 Å². The first-order chi connectivity index (χ1) is 16.6. The van der Waals surface area contributed by atoms with E-state index in [1.54, 1.807) is 60.7 Å². The summed E-state index contributed by atoms with van der Waals surface area (Å²) in [4.78, 5) is 26.1. The van der Waals surface area contributed by atoms with Gasteiger partial charge in [0.2, 0.25) is 5.13 Å². The summed E-state index contributed by atoms with van der Waals surface area (Å²) in [6, 6.07) is 22.0. The number of nitrogens with zero attached hydrogens (tertiary/aromatic N) is 4. The molecule has 0 bridgehead atoms. The predicted molar refractivity (Wildman–Crippen MR) is 131 cm³/mol. The van der Waals surface area contributed by atoms with E-state index in [4.69, 9.17) is 0 Å². The van der Waals surface area contributed by atoms with Crippen molar-refractivity contribution in [2.75, 3.05) is 5.32 Å². The highest BCUT2D eigenvalue weighted by Crippen LogP contribution is 2.29. The molecule has 7 nitrogen and oxygen atoms in total. The molecule has 0 radical (unpaired) electrons. The lowest BCUT2D eigenvalue weighted by Gasteiger charge is -2.10. The number of hydrogen-bond acceptors (Lipinski definition) is 7. The minimum atomic E-state index is -0.493. The first-order valence-corrected chi connectivity index (χ1v) is 12.0. The number of amides is 1. The molecule has 34 heavy (non-hydrogen) atoms. The van der Waals surface area contributed by atoms with Gasteiger partial charge in [0.25, 0.3) is 11.5 Å². The lowest BCUT2D eigenvalue weighted by Crippen LogP contribution is -2.26. The average Bonchev–Trinajstić information content (AvgIpc) is 3.32. The normalized spacial score (nSPS) is 11.0. The highest BCUT2D eigenvalue weighted by atomic mass is 32.2. The number of aromatic nitrogens is 4. The molecule has 0 fully saturated rings. The lowest BCUT2D eigenvalue weighted by molar-refractivity contribution is 0.102. The van der Waals surface area contributed by atoms with E-state index >= 15 is 0 Å². The van der Waals surface area contributed by atoms with Crippen molar-refractivity contribution in [1.29, 1.82) is 0 Å². The van der Waals surface area contributed by atoms with Crippen LogP contribution in [0, 0.1) is 5.82 Å². The number of thioether (sulfide) groups is 1. The number of fused-ring (bicyclic) bond motifs is 1. The summed E-state index contributed by atoms with van der Waals surface area (Å²) in [7, 11) is 0. The van der Waals surface area contributed by atoms with Crippen LogP contribution < -0.4 is 10.9 Å². The van der Waals surface area contributed by atoms with Gasteiger partial charge in [-0.25, -0.2) is 4.39 Å². The van der Waals surface area contributed by atoms with Crippen molar-refractivity contribution in [2.45, 2.75) is 10.1 Å². The van der Waals surface area contributed by atoms with E-state index in [2.05, 4.69) is 20.6 Å². The van der Waals surface area contributed by atoms with Crippen molar-refractivity contribution >= 4 is 44.9 Å². The van der Waals surface area contributed by atoms with Gasteiger partial charge in [-0.2, -0.15) is 9.78 Å². The molecule has 0 aliphatic carbocycles. The Hall–Kier alpha value is -3.89. The van der Waals surface area contributed by atoms with E-state index < -0.39 is 5.91 Å². The van der Waals surface area contributed by atoms with Gasteiger partial charge in [-0.1, -0.05) is 71.6 Å². The number of carbonyl (C=O) groups excluding carboxylic acids is 1. The number of para-hydroxylation sites is 1. The van der Waals surface area contributed by atoms with Gasteiger partial charge >= 0.3 is 0 Å². The van der Waals surface area contributed by atoms with Gasteiger partial charge in [-0.15, -0.1) is 10.2 Å². The zero-order valence-electron chi connectivity index (χ0n) is 17.5. The molecular formula is C24H16FN5O2S2. The van der Waals surface area contributed by atoms with E-state index in [9.17, 15) is 14.0 Å². The maximum Gasteiger partial charge on any atom is 0.279 e. The van der Waals surface area contributed by atoms with E-state index in [-0.39, 0.29) is 17.1 Å². The van der Waals surface area contributed by atoms with Crippen molar-refractivity contribution in [1.82, 2.24) is 20.0 Å². The van der Waals surface area contributed by atoms with Gasteiger partial charge in [0.05, 0.1) is 11.1 Å². The molecule has 0 saturated heterocycles. The molecule has 10 heteroatoms. The quantitative estimate of drug-likeness (QED) is 0.269. The van der Waals surface area contributed by atoms with Crippen molar-refractivity contribution in [3.05, 3.63) is 106 Å². The highest BCUT2D eigenvalue weighted by Gasteiger charge is 2.19. The molecule has 168 valence electrons. The Morgan fingerprint density at radius 2 is 1.65 bits per heavy atom. The van der Waals surface area contributed by atoms with Gasteiger partial charge in [0, 0.05) is 11.1 Å². The number of nitrogens with one attached hydrogen (secondary N) is 1. The van der Waals surface area contributed by atoms with Crippen LogP contribution in [-0.4, -0.2) is 25.9 Å². The van der Waals surface area contributed by atoms with E-state index in [1.165, 1.54) is 39.9 Å². The second kappa shape index (κ2) is 9.54. The molecule has 1 N–H and O–H groups in total. The van der Waals surface area contributed by atoms with Crippen molar-refractivity contribution in [2.24, 2.45) is 0 Å². The summed E-state index contributed by atoms with van der Waals surface area (Å²) in [6.07, 6.45) is 0. The minimum absolute atomic E-state index is 0.106. The average molecular weight is 490 g/mol. The van der Waals surface area contributed by atoms with Crippen LogP contribution in [0.1, 0.15) is 16.1 Å². The fraction of sp³-hybridized carbons (Fsp3) is 0.0417. The second-order valence-corrected chi connectivity index (χ2v) is 9.39. The molecule has 5 rings (SSSR count). The molecule has 0 aliphatic rings. The minimum Gasteiger partial charge on any atom is -0.295 e. The van der Waals surface area contributed by atoms with Crippen LogP contribution in [0.15, 0.2) is 88.0 Å². The van der Waals surface area contributed by atoms with Crippen LogP contribution in [-0.2, 0) is 5.75 Å². The van der Waals surface area contributed by atoms with Crippen molar-refractivity contribution < 1.29 is 9.18 Å². The van der Waals surface area contributed by atoms with Crippen LogP contribution in [0.4, 0.5) is 9.52 Å². The van der Waals surface area contributed by atoms with E-state index in [0.29, 0.717) is 31.7 Å². The SMILES string of the molecule is O=C(Nc1nnc(SCc2ccc(F)cc2)s1)c1nn(-c2ccccc2)c(=O)c2ccccc12. The number of anilines is 1. The molecule has 0 spiro atoms. The zero-order chi connectivity index (χ0) is 23.5.